The van der Waals surface area contributed by atoms with Gasteiger partial charge in [0.25, 0.3) is 0 Å². The van der Waals surface area contributed by atoms with Gasteiger partial charge < -0.3 is 9.64 Å². The summed E-state index contributed by atoms with van der Waals surface area (Å²) >= 11 is 0. The number of aryl methyl sites for hydroxylation is 1. The van der Waals surface area contributed by atoms with Crippen molar-refractivity contribution in [2.75, 3.05) is 26.2 Å². The number of nitrogens with zero attached hydrogens (tertiary/aromatic N) is 3. The zero-order valence-corrected chi connectivity index (χ0v) is 18.6. The van der Waals surface area contributed by atoms with Crippen molar-refractivity contribution in [2.24, 2.45) is 5.92 Å². The van der Waals surface area contributed by atoms with Gasteiger partial charge in [-0.15, -0.1) is 0 Å². The highest BCUT2D eigenvalue weighted by Gasteiger charge is 2.19. The van der Waals surface area contributed by atoms with Crippen LogP contribution in [0.1, 0.15) is 69.5 Å². The highest BCUT2D eigenvalue weighted by molar-refractivity contribution is 5.56. The van der Waals surface area contributed by atoms with E-state index >= 15 is 0 Å². The second-order valence-corrected chi connectivity index (χ2v) is 9.14. The van der Waals surface area contributed by atoms with Crippen LogP contribution in [-0.2, 0) is 12.8 Å². The van der Waals surface area contributed by atoms with Crippen molar-refractivity contribution in [2.45, 2.75) is 71.1 Å². The molecule has 1 fully saturated rings. The van der Waals surface area contributed by atoms with Crippen LogP contribution < -0.4 is 4.74 Å². The standard InChI is InChI=1S/C26H37N3O/c1-21-15-18-29(19-16-21)17-9-2-3-10-20-30-26-23-13-7-8-14-24(23)27-25(28-26)22-11-5-4-6-12-22/h4-6,11-12,21H,2-3,7-10,13-20H2,1H3. The molecule has 0 unspecified atom stereocenters. The monoisotopic (exact) mass is 407 g/mol. The second kappa shape index (κ2) is 10.9. The van der Waals surface area contributed by atoms with E-state index in [-0.39, 0.29) is 0 Å². The molecule has 1 aliphatic heterocycles. The van der Waals surface area contributed by atoms with Crippen molar-refractivity contribution < 1.29 is 4.74 Å². The Kier molecular flexibility index (Phi) is 7.74. The zero-order chi connectivity index (χ0) is 20.6. The van der Waals surface area contributed by atoms with Crippen LogP contribution in [0.3, 0.4) is 0 Å². The van der Waals surface area contributed by atoms with E-state index in [1.165, 1.54) is 75.8 Å². The van der Waals surface area contributed by atoms with Crippen LogP contribution in [-0.4, -0.2) is 41.1 Å². The van der Waals surface area contributed by atoms with E-state index in [1.54, 1.807) is 0 Å². The van der Waals surface area contributed by atoms with Crippen LogP contribution in [0.15, 0.2) is 30.3 Å². The Bertz CT molecular complexity index is 784. The molecule has 2 heterocycles. The molecule has 4 nitrogen and oxygen atoms in total. The fraction of sp³-hybridized carbons (Fsp3) is 0.615. The lowest BCUT2D eigenvalue weighted by molar-refractivity contribution is 0.188. The van der Waals surface area contributed by atoms with Crippen LogP contribution in [0.4, 0.5) is 0 Å². The van der Waals surface area contributed by atoms with Gasteiger partial charge in [-0.1, -0.05) is 50.1 Å². The molecule has 1 saturated heterocycles. The van der Waals surface area contributed by atoms with Gasteiger partial charge in [0.15, 0.2) is 5.82 Å². The average Bonchev–Trinajstić information content (AvgIpc) is 2.80. The molecule has 30 heavy (non-hydrogen) atoms. The van der Waals surface area contributed by atoms with E-state index in [4.69, 9.17) is 14.7 Å². The van der Waals surface area contributed by atoms with Gasteiger partial charge in [0.1, 0.15) is 0 Å². The second-order valence-electron chi connectivity index (χ2n) is 9.14. The number of ether oxygens (including phenoxy) is 1. The van der Waals surface area contributed by atoms with Gasteiger partial charge in [-0.05, 0) is 76.9 Å². The maximum atomic E-state index is 6.21. The van der Waals surface area contributed by atoms with E-state index < -0.39 is 0 Å². The minimum absolute atomic E-state index is 0.763. The molecule has 4 rings (SSSR count). The first-order chi connectivity index (χ1) is 14.8. The lowest BCUT2D eigenvalue weighted by Crippen LogP contribution is -2.33. The van der Waals surface area contributed by atoms with Gasteiger partial charge in [-0.3, -0.25) is 0 Å². The van der Waals surface area contributed by atoms with E-state index in [0.717, 1.165) is 49.1 Å². The Balaban J connectivity index is 1.25. The third kappa shape index (κ3) is 5.81. The van der Waals surface area contributed by atoms with E-state index in [9.17, 15) is 0 Å². The molecule has 0 amide bonds. The summed E-state index contributed by atoms with van der Waals surface area (Å²) in [6.07, 6.45) is 12.2. The van der Waals surface area contributed by atoms with Crippen molar-refractivity contribution in [3.63, 3.8) is 0 Å². The van der Waals surface area contributed by atoms with Crippen LogP contribution in [0.25, 0.3) is 11.4 Å². The zero-order valence-electron chi connectivity index (χ0n) is 18.6. The number of benzene rings is 1. The first-order valence-corrected chi connectivity index (χ1v) is 12.1. The number of fused-ring (bicyclic) bond motifs is 1. The van der Waals surface area contributed by atoms with E-state index in [2.05, 4.69) is 24.0 Å². The summed E-state index contributed by atoms with van der Waals surface area (Å²) in [7, 11) is 0. The summed E-state index contributed by atoms with van der Waals surface area (Å²) < 4.78 is 6.21. The normalized spacial score (nSPS) is 17.6. The minimum Gasteiger partial charge on any atom is -0.477 e. The lowest BCUT2D eigenvalue weighted by Gasteiger charge is -2.30. The van der Waals surface area contributed by atoms with Gasteiger partial charge in [0.2, 0.25) is 5.88 Å². The predicted molar refractivity (Wildman–Crippen MR) is 123 cm³/mol. The highest BCUT2D eigenvalue weighted by atomic mass is 16.5. The highest BCUT2D eigenvalue weighted by Crippen LogP contribution is 2.30. The van der Waals surface area contributed by atoms with Crippen LogP contribution in [0.5, 0.6) is 5.88 Å². The predicted octanol–water partition coefficient (Wildman–Crippen LogP) is 5.69. The molecular weight excluding hydrogens is 370 g/mol. The topological polar surface area (TPSA) is 38.2 Å². The van der Waals surface area contributed by atoms with Gasteiger partial charge in [0.05, 0.1) is 12.3 Å². The summed E-state index contributed by atoms with van der Waals surface area (Å²) in [6.45, 7) is 7.01. The third-order valence-corrected chi connectivity index (χ3v) is 6.66. The Morgan fingerprint density at radius 3 is 2.53 bits per heavy atom. The molecule has 1 aliphatic carbocycles. The fourth-order valence-electron chi connectivity index (χ4n) is 4.64. The largest absolute Gasteiger partial charge is 0.477 e. The maximum Gasteiger partial charge on any atom is 0.220 e. The van der Waals surface area contributed by atoms with Crippen LogP contribution >= 0.6 is 0 Å². The molecule has 1 aromatic heterocycles. The number of likely N-dealkylation sites (tertiary alicyclic amines) is 1. The molecule has 0 spiro atoms. The van der Waals surface area contributed by atoms with E-state index in [0.29, 0.717) is 0 Å². The summed E-state index contributed by atoms with van der Waals surface area (Å²) in [5, 5.41) is 0. The molecule has 4 heteroatoms. The number of piperidine rings is 1. The van der Waals surface area contributed by atoms with Crippen molar-refractivity contribution >= 4 is 0 Å². The fourth-order valence-corrected chi connectivity index (χ4v) is 4.64. The Hall–Kier alpha value is -1.94. The first-order valence-electron chi connectivity index (χ1n) is 12.1. The van der Waals surface area contributed by atoms with Crippen molar-refractivity contribution in [1.29, 1.82) is 0 Å². The average molecular weight is 408 g/mol. The third-order valence-electron chi connectivity index (χ3n) is 6.66. The maximum absolute atomic E-state index is 6.21. The molecule has 0 saturated carbocycles. The number of hydrogen-bond donors (Lipinski definition) is 0. The molecule has 1 aromatic carbocycles. The quantitative estimate of drug-likeness (QED) is 0.500. The Morgan fingerprint density at radius 1 is 0.933 bits per heavy atom. The van der Waals surface area contributed by atoms with Gasteiger partial charge in [0, 0.05) is 11.1 Å². The molecule has 0 bridgehead atoms. The summed E-state index contributed by atoms with van der Waals surface area (Å²) in [4.78, 5) is 12.3. The molecule has 0 N–H and O–H groups in total. The number of hydrogen-bond acceptors (Lipinski definition) is 4. The molecular formula is C26H37N3O. The Labute approximate surface area is 182 Å². The van der Waals surface area contributed by atoms with Crippen LogP contribution in [0, 0.1) is 5.92 Å². The molecule has 2 aromatic rings. The van der Waals surface area contributed by atoms with Crippen LogP contribution in [0.2, 0.25) is 0 Å². The number of unbranched alkanes of at least 4 members (excludes halogenated alkanes) is 3. The molecule has 0 atom stereocenters. The lowest BCUT2D eigenvalue weighted by atomic mass is 9.96. The first kappa shape index (κ1) is 21.3. The number of aromatic nitrogens is 2. The van der Waals surface area contributed by atoms with Crippen molar-refractivity contribution in [1.82, 2.24) is 14.9 Å². The van der Waals surface area contributed by atoms with E-state index in [1.807, 2.05) is 18.2 Å². The molecule has 162 valence electrons. The van der Waals surface area contributed by atoms with Crippen molar-refractivity contribution in [3.05, 3.63) is 41.6 Å². The van der Waals surface area contributed by atoms with Gasteiger partial charge in [-0.2, -0.15) is 4.98 Å². The molecule has 2 aliphatic rings. The van der Waals surface area contributed by atoms with Gasteiger partial charge in [-0.25, -0.2) is 4.98 Å². The van der Waals surface area contributed by atoms with Crippen molar-refractivity contribution in [3.8, 4) is 17.3 Å². The summed E-state index contributed by atoms with van der Waals surface area (Å²) in [5.74, 6) is 2.57. The van der Waals surface area contributed by atoms with Gasteiger partial charge >= 0.3 is 0 Å². The minimum atomic E-state index is 0.763. The summed E-state index contributed by atoms with van der Waals surface area (Å²) in [5.41, 5.74) is 3.52. The Morgan fingerprint density at radius 2 is 1.70 bits per heavy atom. The SMILES string of the molecule is CC1CCN(CCCCCCOc2nc(-c3ccccc3)nc3c2CCCC3)CC1. The molecule has 0 radical (unpaired) electrons. The smallest absolute Gasteiger partial charge is 0.220 e. The summed E-state index contributed by atoms with van der Waals surface area (Å²) in [6, 6.07) is 10.3. The number of rotatable bonds is 9.